The molecule has 32 heavy (non-hydrogen) atoms. The van der Waals surface area contributed by atoms with E-state index in [1.807, 2.05) is 36.5 Å². The normalized spacial score (nSPS) is 15.1. The molecule has 5 rings (SSSR count). The summed E-state index contributed by atoms with van der Waals surface area (Å²) in [6.07, 6.45) is 5.76. The lowest BCUT2D eigenvalue weighted by molar-refractivity contribution is 0.0967. The van der Waals surface area contributed by atoms with Crippen LogP contribution in [0.4, 0.5) is 0 Å². The fourth-order valence-electron chi connectivity index (χ4n) is 4.58. The molecule has 2 heterocycles. The van der Waals surface area contributed by atoms with Gasteiger partial charge in [-0.1, -0.05) is 68.4 Å². The summed E-state index contributed by atoms with van der Waals surface area (Å²) < 4.78 is 2.06. The molecule has 0 unspecified atom stereocenters. The van der Waals surface area contributed by atoms with Crippen molar-refractivity contribution in [1.82, 2.24) is 9.38 Å². The second-order valence-electron chi connectivity index (χ2n) is 9.43. The fourth-order valence-corrected chi connectivity index (χ4v) is 4.58. The smallest absolute Gasteiger partial charge is 0.164 e. The first-order valence-electron chi connectivity index (χ1n) is 11.5. The largest absolute Gasteiger partial charge is 0.321 e. The summed E-state index contributed by atoms with van der Waals surface area (Å²) in [5, 5.41) is 0. The lowest BCUT2D eigenvalue weighted by atomic mass is 9.72. The van der Waals surface area contributed by atoms with Crippen LogP contribution >= 0.6 is 0 Å². The quantitative estimate of drug-likeness (QED) is 0.374. The number of carbonyl (C=O) groups is 1. The number of fused-ring (bicyclic) bond motifs is 1. The number of ketones is 1. The van der Waals surface area contributed by atoms with Crippen molar-refractivity contribution in [3.8, 4) is 22.5 Å². The van der Waals surface area contributed by atoms with Gasteiger partial charge in [-0.05, 0) is 42.9 Å². The molecule has 1 saturated carbocycles. The third-order valence-corrected chi connectivity index (χ3v) is 6.56. The van der Waals surface area contributed by atoms with Gasteiger partial charge in [-0.3, -0.25) is 9.20 Å². The molecule has 0 atom stereocenters. The SMILES string of the molecule is CC(C)CC(=O)c1ccc2nc(-c3ccc(C4(N)CCC4)cc3)c(-c3ccccc3)n2c1. The van der Waals surface area contributed by atoms with Crippen LogP contribution in [0.1, 0.15) is 55.5 Å². The summed E-state index contributed by atoms with van der Waals surface area (Å²) >= 11 is 0. The summed E-state index contributed by atoms with van der Waals surface area (Å²) in [4.78, 5) is 17.7. The highest BCUT2D eigenvalue weighted by molar-refractivity contribution is 5.96. The van der Waals surface area contributed by atoms with Crippen LogP contribution in [0, 0.1) is 5.92 Å². The first kappa shape index (κ1) is 20.7. The predicted molar refractivity (Wildman–Crippen MR) is 130 cm³/mol. The Kier molecular flexibility index (Phi) is 5.18. The molecule has 0 bridgehead atoms. The fraction of sp³-hybridized carbons (Fsp3) is 0.286. The number of pyridine rings is 1. The Morgan fingerprint density at radius 2 is 1.72 bits per heavy atom. The molecule has 162 valence electrons. The Labute approximate surface area is 189 Å². The summed E-state index contributed by atoms with van der Waals surface area (Å²) in [7, 11) is 0. The number of nitrogens with zero attached hydrogens (tertiary/aromatic N) is 2. The molecule has 0 amide bonds. The molecule has 1 aliphatic carbocycles. The van der Waals surface area contributed by atoms with Crippen molar-refractivity contribution in [1.29, 1.82) is 0 Å². The Morgan fingerprint density at radius 3 is 2.34 bits per heavy atom. The molecule has 1 fully saturated rings. The maximum absolute atomic E-state index is 12.7. The number of Topliss-reactive ketones (excluding diaryl/α,β-unsaturated/α-hetero) is 1. The van der Waals surface area contributed by atoms with Crippen LogP contribution in [0.15, 0.2) is 72.9 Å². The van der Waals surface area contributed by atoms with Crippen LogP contribution < -0.4 is 5.73 Å². The van der Waals surface area contributed by atoms with Gasteiger partial charge in [-0.15, -0.1) is 0 Å². The number of rotatable bonds is 6. The Balaban J connectivity index is 1.64. The monoisotopic (exact) mass is 423 g/mol. The van der Waals surface area contributed by atoms with E-state index in [4.69, 9.17) is 10.7 Å². The number of nitrogens with two attached hydrogens (primary N) is 1. The average molecular weight is 424 g/mol. The van der Waals surface area contributed by atoms with Gasteiger partial charge in [0.15, 0.2) is 5.78 Å². The van der Waals surface area contributed by atoms with Crippen LogP contribution in [-0.2, 0) is 5.54 Å². The Bertz CT molecular complexity index is 1270. The van der Waals surface area contributed by atoms with Crippen LogP contribution in [0.2, 0.25) is 0 Å². The molecule has 2 N–H and O–H groups in total. The van der Waals surface area contributed by atoms with Crippen molar-refractivity contribution < 1.29 is 4.79 Å². The Hall–Kier alpha value is -3.24. The van der Waals surface area contributed by atoms with Crippen LogP contribution in [0.3, 0.4) is 0 Å². The van der Waals surface area contributed by atoms with Crippen molar-refractivity contribution in [2.45, 2.75) is 45.1 Å². The molecule has 0 spiro atoms. The molecule has 2 aromatic heterocycles. The van der Waals surface area contributed by atoms with Crippen molar-refractivity contribution >= 4 is 11.4 Å². The third kappa shape index (κ3) is 3.65. The number of hydrogen-bond donors (Lipinski definition) is 1. The molecule has 1 aliphatic rings. The van der Waals surface area contributed by atoms with Crippen molar-refractivity contribution in [3.05, 3.63) is 84.1 Å². The summed E-state index contributed by atoms with van der Waals surface area (Å²) in [6, 6.07) is 22.6. The van der Waals surface area contributed by atoms with Gasteiger partial charge >= 0.3 is 0 Å². The van der Waals surface area contributed by atoms with E-state index in [0.717, 1.165) is 46.6 Å². The zero-order valence-corrected chi connectivity index (χ0v) is 18.7. The highest BCUT2D eigenvalue weighted by atomic mass is 16.1. The molecular weight excluding hydrogens is 394 g/mol. The first-order chi connectivity index (χ1) is 15.4. The van der Waals surface area contributed by atoms with Gasteiger partial charge in [0.2, 0.25) is 0 Å². The summed E-state index contributed by atoms with van der Waals surface area (Å²) in [6.45, 7) is 4.14. The third-order valence-electron chi connectivity index (χ3n) is 6.56. The average Bonchev–Trinajstić information content (AvgIpc) is 3.16. The van der Waals surface area contributed by atoms with Crippen LogP contribution in [-0.4, -0.2) is 15.2 Å². The molecule has 4 aromatic rings. The van der Waals surface area contributed by atoms with E-state index >= 15 is 0 Å². The topological polar surface area (TPSA) is 60.4 Å². The second-order valence-corrected chi connectivity index (χ2v) is 9.43. The maximum atomic E-state index is 12.7. The second kappa shape index (κ2) is 8.03. The number of benzene rings is 2. The van der Waals surface area contributed by atoms with Crippen molar-refractivity contribution in [3.63, 3.8) is 0 Å². The summed E-state index contributed by atoms with van der Waals surface area (Å²) in [5.74, 6) is 0.486. The highest BCUT2D eigenvalue weighted by Crippen LogP contribution is 2.40. The number of imidazole rings is 1. The molecular formula is C28H29N3O. The zero-order chi connectivity index (χ0) is 22.3. The van der Waals surface area contributed by atoms with E-state index in [-0.39, 0.29) is 11.3 Å². The van der Waals surface area contributed by atoms with E-state index < -0.39 is 0 Å². The molecule has 0 radical (unpaired) electrons. The van der Waals surface area contributed by atoms with Gasteiger partial charge in [-0.25, -0.2) is 4.98 Å². The van der Waals surface area contributed by atoms with E-state index in [9.17, 15) is 4.79 Å². The molecule has 2 aromatic carbocycles. The van der Waals surface area contributed by atoms with E-state index in [2.05, 4.69) is 54.6 Å². The van der Waals surface area contributed by atoms with Crippen molar-refractivity contribution in [2.75, 3.05) is 0 Å². The molecule has 4 heteroatoms. The lowest BCUT2D eigenvalue weighted by Gasteiger charge is -2.38. The Morgan fingerprint density at radius 1 is 1.00 bits per heavy atom. The van der Waals surface area contributed by atoms with Crippen LogP contribution in [0.25, 0.3) is 28.2 Å². The summed E-state index contributed by atoms with van der Waals surface area (Å²) in [5.41, 5.74) is 13.1. The van der Waals surface area contributed by atoms with Gasteiger partial charge in [0, 0.05) is 34.8 Å². The van der Waals surface area contributed by atoms with Crippen molar-refractivity contribution in [2.24, 2.45) is 11.7 Å². The number of aromatic nitrogens is 2. The maximum Gasteiger partial charge on any atom is 0.164 e. The predicted octanol–water partition coefficient (Wildman–Crippen LogP) is 6.24. The minimum absolute atomic E-state index is 0.161. The first-order valence-corrected chi connectivity index (χ1v) is 11.5. The molecule has 0 saturated heterocycles. The van der Waals surface area contributed by atoms with Gasteiger partial charge in [0.1, 0.15) is 5.65 Å². The van der Waals surface area contributed by atoms with Gasteiger partial charge < -0.3 is 5.73 Å². The van der Waals surface area contributed by atoms with E-state index in [0.29, 0.717) is 12.3 Å². The molecule has 4 nitrogen and oxygen atoms in total. The van der Waals surface area contributed by atoms with Crippen LogP contribution in [0.5, 0.6) is 0 Å². The van der Waals surface area contributed by atoms with Gasteiger partial charge in [-0.2, -0.15) is 0 Å². The number of hydrogen-bond acceptors (Lipinski definition) is 3. The molecule has 0 aliphatic heterocycles. The highest BCUT2D eigenvalue weighted by Gasteiger charge is 2.34. The number of carbonyl (C=O) groups excluding carboxylic acids is 1. The van der Waals surface area contributed by atoms with E-state index in [1.54, 1.807) is 0 Å². The lowest BCUT2D eigenvalue weighted by Crippen LogP contribution is -2.43. The standard InChI is InChI=1S/C28H29N3O/c1-19(2)17-24(32)22-11-14-25-30-26(27(31(25)18-22)21-7-4-3-5-8-21)20-9-12-23(13-10-20)28(29)15-6-16-28/h3-5,7-14,18-19H,6,15-17,29H2,1-2H3. The van der Waals surface area contributed by atoms with Gasteiger partial charge in [0.25, 0.3) is 0 Å². The zero-order valence-electron chi connectivity index (χ0n) is 18.7. The minimum Gasteiger partial charge on any atom is -0.321 e. The minimum atomic E-state index is -0.175. The van der Waals surface area contributed by atoms with Gasteiger partial charge in [0.05, 0.1) is 11.4 Å². The van der Waals surface area contributed by atoms with E-state index in [1.165, 1.54) is 12.0 Å².